The lowest BCUT2D eigenvalue weighted by molar-refractivity contribution is 0.0799. The largest absolute Gasteiger partial charge is 0.377 e. The number of rotatable bonds is 5. The SMILES string of the molecule is CC(C)NCCOC(C)C.CCC. The monoisotopic (exact) mass is 189 g/mol. The Bertz CT molecular complexity index is 72.2. The van der Waals surface area contributed by atoms with Crippen LogP contribution in [0.1, 0.15) is 48.0 Å². The molecule has 82 valence electrons. The summed E-state index contributed by atoms with van der Waals surface area (Å²) in [4.78, 5) is 0. The van der Waals surface area contributed by atoms with Crippen LogP contribution in [0.3, 0.4) is 0 Å². The van der Waals surface area contributed by atoms with E-state index in [1.54, 1.807) is 0 Å². The average Bonchev–Trinajstić information content (AvgIpc) is 1.99. The normalized spacial score (nSPS) is 10.2. The molecule has 0 aliphatic heterocycles. The molecular weight excluding hydrogens is 162 g/mol. The molecule has 0 aromatic heterocycles. The van der Waals surface area contributed by atoms with Crippen LogP contribution in [0.25, 0.3) is 0 Å². The van der Waals surface area contributed by atoms with Crippen molar-refractivity contribution in [3.8, 4) is 0 Å². The summed E-state index contributed by atoms with van der Waals surface area (Å²) in [6.45, 7) is 14.4. The number of hydrogen-bond acceptors (Lipinski definition) is 2. The molecule has 0 saturated carbocycles. The first kappa shape index (κ1) is 15.4. The van der Waals surface area contributed by atoms with E-state index in [0.717, 1.165) is 13.2 Å². The van der Waals surface area contributed by atoms with E-state index in [4.69, 9.17) is 4.74 Å². The van der Waals surface area contributed by atoms with Crippen molar-refractivity contribution in [3.63, 3.8) is 0 Å². The van der Waals surface area contributed by atoms with Gasteiger partial charge >= 0.3 is 0 Å². The van der Waals surface area contributed by atoms with Gasteiger partial charge in [0.1, 0.15) is 0 Å². The van der Waals surface area contributed by atoms with Crippen LogP contribution in [0, 0.1) is 0 Å². The van der Waals surface area contributed by atoms with E-state index in [9.17, 15) is 0 Å². The molecule has 0 amide bonds. The molecule has 0 bridgehead atoms. The Balaban J connectivity index is 0. The molecule has 2 nitrogen and oxygen atoms in total. The van der Waals surface area contributed by atoms with Crippen molar-refractivity contribution in [2.24, 2.45) is 0 Å². The van der Waals surface area contributed by atoms with E-state index < -0.39 is 0 Å². The first-order valence-corrected chi connectivity index (χ1v) is 5.39. The van der Waals surface area contributed by atoms with Crippen LogP contribution >= 0.6 is 0 Å². The number of ether oxygens (including phenoxy) is 1. The molecule has 0 unspecified atom stereocenters. The van der Waals surface area contributed by atoms with Gasteiger partial charge in [-0.25, -0.2) is 0 Å². The second-order valence-electron chi connectivity index (χ2n) is 3.74. The van der Waals surface area contributed by atoms with Crippen LogP contribution < -0.4 is 5.32 Å². The highest BCUT2D eigenvalue weighted by Crippen LogP contribution is 1.85. The zero-order valence-electron chi connectivity index (χ0n) is 10.2. The van der Waals surface area contributed by atoms with Crippen molar-refractivity contribution in [2.45, 2.75) is 60.1 Å². The Labute approximate surface area is 84.1 Å². The van der Waals surface area contributed by atoms with Gasteiger partial charge in [-0.3, -0.25) is 0 Å². The standard InChI is InChI=1S/C8H19NO.C3H8/c1-7(2)9-5-6-10-8(3)4;1-3-2/h7-9H,5-6H2,1-4H3;3H2,1-2H3. The Morgan fingerprint density at radius 1 is 1.08 bits per heavy atom. The van der Waals surface area contributed by atoms with Gasteiger partial charge in [0.2, 0.25) is 0 Å². The fourth-order valence-electron chi connectivity index (χ4n) is 0.642. The van der Waals surface area contributed by atoms with Gasteiger partial charge in [-0.15, -0.1) is 0 Å². The summed E-state index contributed by atoms with van der Waals surface area (Å²) in [5.74, 6) is 0. The molecule has 0 spiro atoms. The molecule has 0 aliphatic rings. The molecule has 0 saturated heterocycles. The highest BCUT2D eigenvalue weighted by Gasteiger charge is 1.93. The minimum absolute atomic E-state index is 0.356. The molecule has 0 radical (unpaired) electrons. The van der Waals surface area contributed by atoms with Gasteiger partial charge in [-0.2, -0.15) is 0 Å². The van der Waals surface area contributed by atoms with E-state index in [0.29, 0.717) is 12.1 Å². The van der Waals surface area contributed by atoms with Crippen LogP contribution in [0.4, 0.5) is 0 Å². The van der Waals surface area contributed by atoms with Gasteiger partial charge in [-0.05, 0) is 13.8 Å². The molecule has 0 atom stereocenters. The number of nitrogens with one attached hydrogen (secondary N) is 1. The first-order chi connectivity index (χ1) is 6.04. The number of hydrogen-bond donors (Lipinski definition) is 1. The van der Waals surface area contributed by atoms with Crippen molar-refractivity contribution in [2.75, 3.05) is 13.2 Å². The predicted octanol–water partition coefficient (Wildman–Crippen LogP) is 2.83. The fraction of sp³-hybridized carbons (Fsp3) is 1.00. The van der Waals surface area contributed by atoms with Crippen LogP contribution in [-0.2, 0) is 4.74 Å². The van der Waals surface area contributed by atoms with E-state index in [1.807, 2.05) is 0 Å². The Hall–Kier alpha value is -0.0800. The lowest BCUT2D eigenvalue weighted by Crippen LogP contribution is -2.27. The van der Waals surface area contributed by atoms with Crippen molar-refractivity contribution >= 4 is 0 Å². The third kappa shape index (κ3) is 24.5. The van der Waals surface area contributed by atoms with E-state index in [-0.39, 0.29) is 0 Å². The average molecular weight is 189 g/mol. The minimum atomic E-state index is 0.356. The molecule has 0 rings (SSSR count). The third-order valence-corrected chi connectivity index (χ3v) is 1.11. The minimum Gasteiger partial charge on any atom is -0.377 e. The molecular formula is C11H27NO. The lowest BCUT2D eigenvalue weighted by Gasteiger charge is -2.10. The summed E-state index contributed by atoms with van der Waals surface area (Å²) in [6, 6.07) is 0.566. The van der Waals surface area contributed by atoms with Crippen LogP contribution in [0.2, 0.25) is 0 Å². The second kappa shape index (κ2) is 11.9. The summed E-state index contributed by atoms with van der Waals surface area (Å²) >= 11 is 0. The highest BCUT2D eigenvalue weighted by atomic mass is 16.5. The third-order valence-electron chi connectivity index (χ3n) is 1.11. The summed E-state index contributed by atoms with van der Waals surface area (Å²) in [5.41, 5.74) is 0. The van der Waals surface area contributed by atoms with E-state index in [2.05, 4.69) is 46.9 Å². The van der Waals surface area contributed by atoms with Crippen molar-refractivity contribution in [1.82, 2.24) is 5.32 Å². The van der Waals surface area contributed by atoms with Crippen molar-refractivity contribution in [3.05, 3.63) is 0 Å². The van der Waals surface area contributed by atoms with Crippen molar-refractivity contribution in [1.29, 1.82) is 0 Å². The quantitative estimate of drug-likeness (QED) is 0.671. The zero-order chi connectivity index (χ0) is 10.7. The van der Waals surface area contributed by atoms with Gasteiger partial charge < -0.3 is 10.1 Å². The summed E-state index contributed by atoms with van der Waals surface area (Å²) < 4.78 is 5.33. The topological polar surface area (TPSA) is 21.3 Å². The zero-order valence-corrected chi connectivity index (χ0v) is 10.2. The molecule has 1 N–H and O–H groups in total. The van der Waals surface area contributed by atoms with Crippen LogP contribution in [-0.4, -0.2) is 25.3 Å². The van der Waals surface area contributed by atoms with Gasteiger partial charge in [0, 0.05) is 12.6 Å². The molecule has 13 heavy (non-hydrogen) atoms. The second-order valence-corrected chi connectivity index (χ2v) is 3.74. The molecule has 0 aromatic carbocycles. The predicted molar refractivity (Wildman–Crippen MR) is 60.2 cm³/mol. The maximum absolute atomic E-state index is 5.33. The van der Waals surface area contributed by atoms with Crippen LogP contribution in [0.15, 0.2) is 0 Å². The van der Waals surface area contributed by atoms with Gasteiger partial charge in [0.25, 0.3) is 0 Å². The molecule has 0 heterocycles. The molecule has 0 aliphatic carbocycles. The Morgan fingerprint density at radius 3 is 1.85 bits per heavy atom. The van der Waals surface area contributed by atoms with Crippen molar-refractivity contribution < 1.29 is 4.74 Å². The first-order valence-electron chi connectivity index (χ1n) is 5.39. The summed E-state index contributed by atoms with van der Waals surface area (Å²) in [7, 11) is 0. The maximum atomic E-state index is 5.33. The Kier molecular flexibility index (Phi) is 14.1. The smallest absolute Gasteiger partial charge is 0.0594 e. The highest BCUT2D eigenvalue weighted by molar-refractivity contribution is 4.51. The van der Waals surface area contributed by atoms with Gasteiger partial charge in [0.05, 0.1) is 12.7 Å². The maximum Gasteiger partial charge on any atom is 0.0594 e. The molecule has 0 aromatic rings. The van der Waals surface area contributed by atoms with E-state index >= 15 is 0 Å². The summed E-state index contributed by atoms with van der Waals surface area (Å²) in [5, 5.41) is 3.28. The molecule has 2 heteroatoms. The fourth-order valence-corrected chi connectivity index (χ4v) is 0.642. The van der Waals surface area contributed by atoms with E-state index in [1.165, 1.54) is 6.42 Å². The molecule has 0 fully saturated rings. The lowest BCUT2D eigenvalue weighted by atomic mass is 10.4. The van der Waals surface area contributed by atoms with Gasteiger partial charge in [-0.1, -0.05) is 34.1 Å². The summed E-state index contributed by atoms with van der Waals surface area (Å²) in [6.07, 6.45) is 1.61. The van der Waals surface area contributed by atoms with Crippen LogP contribution in [0.5, 0.6) is 0 Å². The Morgan fingerprint density at radius 2 is 1.54 bits per heavy atom. The van der Waals surface area contributed by atoms with Gasteiger partial charge in [0.15, 0.2) is 0 Å².